The normalized spacial score (nSPS) is 14.2. The number of aromatic nitrogens is 2. The summed E-state index contributed by atoms with van der Waals surface area (Å²) in [4.78, 5) is 47.2. The quantitative estimate of drug-likeness (QED) is 0.507. The zero-order valence-electron chi connectivity index (χ0n) is 18.2. The lowest BCUT2D eigenvalue weighted by Gasteiger charge is -2.35. The van der Waals surface area contributed by atoms with Crippen molar-refractivity contribution < 1.29 is 14.0 Å². The maximum atomic E-state index is 14.4. The number of fused-ring (bicyclic) bond motifs is 2. The summed E-state index contributed by atoms with van der Waals surface area (Å²) in [6.07, 6.45) is 2.15. The third-order valence-corrected chi connectivity index (χ3v) is 6.21. The van der Waals surface area contributed by atoms with E-state index in [4.69, 9.17) is 0 Å². The van der Waals surface area contributed by atoms with Crippen LogP contribution < -0.4 is 5.56 Å². The summed E-state index contributed by atoms with van der Waals surface area (Å²) in [6, 6.07) is 12.1. The average Bonchev–Trinajstić information content (AvgIpc) is 3.21. The summed E-state index contributed by atoms with van der Waals surface area (Å²) in [5.74, 6) is -0.893. The van der Waals surface area contributed by atoms with Crippen molar-refractivity contribution in [2.24, 2.45) is 0 Å². The number of aryl methyl sites for hydroxylation is 1. The Hall–Kier alpha value is -3.94. The van der Waals surface area contributed by atoms with E-state index in [-0.39, 0.29) is 29.3 Å². The Morgan fingerprint density at radius 1 is 1.00 bits per heavy atom. The molecule has 0 aliphatic carbocycles. The monoisotopic (exact) mass is 446 g/mol. The summed E-state index contributed by atoms with van der Waals surface area (Å²) in [6.45, 7) is 3.24. The van der Waals surface area contributed by atoms with Gasteiger partial charge in [-0.05, 0) is 36.2 Å². The highest BCUT2D eigenvalue weighted by molar-refractivity contribution is 6.06. The fourth-order valence-corrected chi connectivity index (χ4v) is 4.51. The van der Waals surface area contributed by atoms with Crippen LogP contribution in [0.15, 0.2) is 53.5 Å². The number of H-pyrrole nitrogens is 2. The summed E-state index contributed by atoms with van der Waals surface area (Å²) >= 11 is 0. The number of halogens is 1. The first-order valence-electron chi connectivity index (χ1n) is 10.9. The van der Waals surface area contributed by atoms with Gasteiger partial charge in [-0.25, -0.2) is 4.39 Å². The molecular formula is C25H23FN4O3. The molecule has 0 atom stereocenters. The second kappa shape index (κ2) is 8.20. The number of aromatic amines is 2. The molecule has 2 aromatic heterocycles. The fourth-order valence-electron chi connectivity index (χ4n) is 4.51. The van der Waals surface area contributed by atoms with E-state index < -0.39 is 11.4 Å². The van der Waals surface area contributed by atoms with E-state index in [1.807, 2.05) is 30.5 Å². The second-order valence-corrected chi connectivity index (χ2v) is 8.43. The Balaban J connectivity index is 1.31. The molecule has 1 fully saturated rings. The van der Waals surface area contributed by atoms with Crippen LogP contribution in [0, 0.1) is 12.7 Å². The number of hydrogen-bond acceptors (Lipinski definition) is 3. The van der Waals surface area contributed by atoms with E-state index in [2.05, 4.69) is 9.97 Å². The van der Waals surface area contributed by atoms with Crippen molar-refractivity contribution in [1.82, 2.24) is 19.8 Å². The van der Waals surface area contributed by atoms with Crippen molar-refractivity contribution in [2.45, 2.75) is 13.3 Å². The Morgan fingerprint density at radius 3 is 2.52 bits per heavy atom. The van der Waals surface area contributed by atoms with Gasteiger partial charge in [0.1, 0.15) is 5.82 Å². The van der Waals surface area contributed by atoms with Crippen LogP contribution in [-0.4, -0.2) is 57.8 Å². The van der Waals surface area contributed by atoms with Gasteiger partial charge in [-0.2, -0.15) is 0 Å². The molecule has 0 bridgehead atoms. The van der Waals surface area contributed by atoms with E-state index in [9.17, 15) is 18.8 Å². The highest BCUT2D eigenvalue weighted by Crippen LogP contribution is 2.23. The van der Waals surface area contributed by atoms with Gasteiger partial charge < -0.3 is 19.8 Å². The number of carbonyl (C=O) groups excluding carboxylic acids is 2. The number of para-hydroxylation sites is 1. The zero-order valence-corrected chi connectivity index (χ0v) is 18.2. The Bertz CT molecular complexity index is 1450. The maximum Gasteiger partial charge on any atom is 0.254 e. The summed E-state index contributed by atoms with van der Waals surface area (Å²) < 4.78 is 14.4. The van der Waals surface area contributed by atoms with E-state index in [1.54, 1.807) is 22.8 Å². The number of pyridine rings is 1. The van der Waals surface area contributed by atoms with E-state index in [0.717, 1.165) is 16.5 Å². The van der Waals surface area contributed by atoms with Gasteiger partial charge in [0.05, 0.1) is 17.5 Å². The van der Waals surface area contributed by atoms with Crippen LogP contribution in [0.5, 0.6) is 0 Å². The van der Waals surface area contributed by atoms with Crippen LogP contribution in [0.2, 0.25) is 0 Å². The molecule has 8 heteroatoms. The van der Waals surface area contributed by atoms with Gasteiger partial charge in [-0.1, -0.05) is 18.2 Å². The molecule has 0 spiro atoms. The summed E-state index contributed by atoms with van der Waals surface area (Å²) in [5, 5.41) is 1.42. The molecule has 168 valence electrons. The lowest BCUT2D eigenvalue weighted by Crippen LogP contribution is -2.51. The molecular weight excluding hydrogens is 423 g/mol. The van der Waals surface area contributed by atoms with Crippen molar-refractivity contribution in [2.75, 3.05) is 26.2 Å². The van der Waals surface area contributed by atoms with Gasteiger partial charge in [0.15, 0.2) is 0 Å². The number of amides is 2. The fraction of sp³-hybridized carbons (Fsp3) is 0.240. The predicted octanol–water partition coefficient (Wildman–Crippen LogP) is 2.98. The molecule has 1 aliphatic rings. The molecule has 1 saturated heterocycles. The largest absolute Gasteiger partial charge is 0.361 e. The van der Waals surface area contributed by atoms with Crippen molar-refractivity contribution in [3.05, 3.63) is 81.5 Å². The Labute approximate surface area is 188 Å². The van der Waals surface area contributed by atoms with Crippen molar-refractivity contribution >= 4 is 33.6 Å². The Morgan fingerprint density at radius 2 is 1.73 bits per heavy atom. The first-order chi connectivity index (χ1) is 15.9. The number of carbonyl (C=O) groups is 2. The van der Waals surface area contributed by atoms with Crippen molar-refractivity contribution in [1.29, 1.82) is 0 Å². The number of benzene rings is 2. The average molecular weight is 446 g/mol. The topological polar surface area (TPSA) is 89.3 Å². The molecule has 2 aromatic carbocycles. The van der Waals surface area contributed by atoms with Crippen LogP contribution in [0.25, 0.3) is 21.8 Å². The number of hydrogen-bond donors (Lipinski definition) is 2. The number of nitrogens with one attached hydrogen (secondary N) is 2. The summed E-state index contributed by atoms with van der Waals surface area (Å²) in [7, 11) is 0. The lowest BCUT2D eigenvalue weighted by atomic mass is 10.0. The van der Waals surface area contributed by atoms with E-state index >= 15 is 0 Å². The predicted molar refractivity (Wildman–Crippen MR) is 124 cm³/mol. The molecule has 0 radical (unpaired) electrons. The molecule has 5 rings (SSSR count). The number of piperazine rings is 1. The molecule has 0 saturated carbocycles. The van der Waals surface area contributed by atoms with Crippen molar-refractivity contribution in [3.63, 3.8) is 0 Å². The maximum absolute atomic E-state index is 14.4. The number of nitrogens with zero attached hydrogens (tertiary/aromatic N) is 2. The van der Waals surface area contributed by atoms with Crippen LogP contribution in [0.3, 0.4) is 0 Å². The minimum atomic E-state index is -0.565. The van der Waals surface area contributed by atoms with E-state index in [1.165, 1.54) is 12.1 Å². The van der Waals surface area contributed by atoms with Gasteiger partial charge in [-0.3, -0.25) is 14.4 Å². The summed E-state index contributed by atoms with van der Waals surface area (Å²) in [5.41, 5.74) is 2.28. The van der Waals surface area contributed by atoms with Crippen LogP contribution in [0.4, 0.5) is 4.39 Å². The van der Waals surface area contributed by atoms with E-state index in [0.29, 0.717) is 37.1 Å². The first kappa shape index (κ1) is 20.9. The Kier molecular flexibility index (Phi) is 5.20. The molecule has 33 heavy (non-hydrogen) atoms. The van der Waals surface area contributed by atoms with Crippen molar-refractivity contribution in [3.8, 4) is 0 Å². The lowest BCUT2D eigenvalue weighted by molar-refractivity contribution is -0.131. The molecule has 3 heterocycles. The molecule has 4 aromatic rings. The van der Waals surface area contributed by atoms with Gasteiger partial charge >= 0.3 is 0 Å². The third kappa shape index (κ3) is 3.88. The van der Waals surface area contributed by atoms with Gasteiger partial charge in [0, 0.05) is 54.7 Å². The third-order valence-electron chi connectivity index (χ3n) is 6.21. The highest BCUT2D eigenvalue weighted by Gasteiger charge is 2.27. The molecule has 0 unspecified atom stereocenters. The molecule has 2 amide bonds. The SMILES string of the molecule is Cc1cc(F)c2[nH]c(=O)cc(C(=O)N3CCN(C(=O)Cc4c[nH]c5ccccc45)CC3)c2c1. The number of rotatable bonds is 3. The van der Waals surface area contributed by atoms with Gasteiger partial charge in [-0.15, -0.1) is 0 Å². The highest BCUT2D eigenvalue weighted by atomic mass is 19.1. The van der Waals surface area contributed by atoms with Crippen LogP contribution in [-0.2, 0) is 11.2 Å². The molecule has 7 nitrogen and oxygen atoms in total. The van der Waals surface area contributed by atoms with Crippen LogP contribution in [0.1, 0.15) is 21.5 Å². The zero-order chi connectivity index (χ0) is 23.1. The van der Waals surface area contributed by atoms with Crippen LogP contribution >= 0.6 is 0 Å². The van der Waals surface area contributed by atoms with Gasteiger partial charge in [0.2, 0.25) is 11.5 Å². The molecule has 2 N–H and O–H groups in total. The standard InChI is InChI=1S/C25H23FN4O3/c1-15-10-18-19(13-22(31)28-24(18)20(26)11-15)25(33)30-8-6-29(7-9-30)23(32)12-16-14-27-21-5-3-2-4-17(16)21/h2-5,10-11,13-14,27H,6-9,12H2,1H3,(H,28,31). The second-order valence-electron chi connectivity index (χ2n) is 8.43. The smallest absolute Gasteiger partial charge is 0.254 e. The minimum absolute atomic E-state index is 0.00570. The molecule has 1 aliphatic heterocycles. The minimum Gasteiger partial charge on any atom is -0.361 e. The van der Waals surface area contributed by atoms with Gasteiger partial charge in [0.25, 0.3) is 5.91 Å². The first-order valence-corrected chi connectivity index (χ1v) is 10.9.